The summed E-state index contributed by atoms with van der Waals surface area (Å²) in [6.07, 6.45) is 0. The minimum absolute atomic E-state index is 0.00310. The second kappa shape index (κ2) is 6.46. The third kappa shape index (κ3) is 3.55. The van der Waals surface area contributed by atoms with E-state index in [9.17, 15) is 9.18 Å². The number of hydrogen-bond donors (Lipinski definition) is 3. The molecule has 9 heteroatoms. The Morgan fingerprint density at radius 3 is 2.62 bits per heavy atom. The molecule has 1 aromatic heterocycles. The quantitative estimate of drug-likeness (QED) is 0.783. The summed E-state index contributed by atoms with van der Waals surface area (Å²) in [6.45, 7) is 2.55. The Morgan fingerprint density at radius 2 is 2.05 bits per heavy atom. The first kappa shape index (κ1) is 15.8. The SMILES string of the molecule is CCNc1nc(N)c(C(=O)Nc2c(Cl)cc(F)cc2Cl)s1. The van der Waals surface area contributed by atoms with Crippen LogP contribution in [0.2, 0.25) is 10.0 Å². The molecule has 0 saturated heterocycles. The normalized spacial score (nSPS) is 10.5. The summed E-state index contributed by atoms with van der Waals surface area (Å²) in [4.78, 5) is 16.4. The molecule has 0 aliphatic carbocycles. The Hall–Kier alpha value is -1.57. The summed E-state index contributed by atoms with van der Waals surface area (Å²) in [5.74, 6) is -0.998. The van der Waals surface area contributed by atoms with Gasteiger partial charge in [0.05, 0.1) is 15.7 Å². The molecule has 0 radical (unpaired) electrons. The lowest BCUT2D eigenvalue weighted by Gasteiger charge is -2.08. The number of anilines is 3. The fourth-order valence-corrected chi connectivity index (χ4v) is 2.96. The van der Waals surface area contributed by atoms with Gasteiger partial charge in [-0.15, -0.1) is 0 Å². The highest BCUT2D eigenvalue weighted by Crippen LogP contribution is 2.33. The highest BCUT2D eigenvalue weighted by atomic mass is 35.5. The maximum absolute atomic E-state index is 13.1. The summed E-state index contributed by atoms with van der Waals surface area (Å²) in [5, 5.41) is 6.02. The van der Waals surface area contributed by atoms with Crippen LogP contribution >= 0.6 is 34.5 Å². The zero-order chi connectivity index (χ0) is 15.6. The van der Waals surface area contributed by atoms with E-state index in [0.717, 1.165) is 23.5 Å². The Balaban J connectivity index is 2.26. The van der Waals surface area contributed by atoms with Gasteiger partial charge in [-0.1, -0.05) is 34.5 Å². The first-order chi connectivity index (χ1) is 9.92. The molecule has 0 saturated carbocycles. The summed E-state index contributed by atoms with van der Waals surface area (Å²) in [7, 11) is 0. The first-order valence-corrected chi connectivity index (χ1v) is 7.45. The average Bonchev–Trinajstić information content (AvgIpc) is 2.75. The van der Waals surface area contributed by atoms with Gasteiger partial charge in [0.25, 0.3) is 5.91 Å². The van der Waals surface area contributed by atoms with Crippen molar-refractivity contribution < 1.29 is 9.18 Å². The van der Waals surface area contributed by atoms with Gasteiger partial charge < -0.3 is 16.4 Å². The minimum atomic E-state index is -0.588. The molecule has 0 fully saturated rings. The first-order valence-electron chi connectivity index (χ1n) is 5.88. The number of thiazole rings is 1. The highest BCUT2D eigenvalue weighted by molar-refractivity contribution is 7.18. The topological polar surface area (TPSA) is 80.0 Å². The van der Waals surface area contributed by atoms with E-state index in [4.69, 9.17) is 28.9 Å². The van der Waals surface area contributed by atoms with Crippen LogP contribution in [0.5, 0.6) is 0 Å². The van der Waals surface area contributed by atoms with Gasteiger partial charge >= 0.3 is 0 Å². The van der Waals surface area contributed by atoms with Crippen LogP contribution in [0.25, 0.3) is 0 Å². The lowest BCUT2D eigenvalue weighted by molar-refractivity contribution is 0.103. The molecule has 0 aliphatic heterocycles. The van der Waals surface area contributed by atoms with E-state index in [1.54, 1.807) is 0 Å². The second-order valence-corrected chi connectivity index (χ2v) is 5.78. The summed E-state index contributed by atoms with van der Waals surface area (Å²) in [6, 6.07) is 2.12. The molecule has 1 amide bonds. The van der Waals surface area contributed by atoms with E-state index in [0.29, 0.717) is 11.7 Å². The third-order valence-corrected chi connectivity index (χ3v) is 4.06. The van der Waals surface area contributed by atoms with Crippen molar-refractivity contribution in [1.82, 2.24) is 4.98 Å². The van der Waals surface area contributed by atoms with Crippen molar-refractivity contribution in [3.05, 3.63) is 32.9 Å². The van der Waals surface area contributed by atoms with E-state index in [1.165, 1.54) is 0 Å². The van der Waals surface area contributed by atoms with E-state index in [2.05, 4.69) is 15.6 Å². The average molecular weight is 349 g/mol. The summed E-state index contributed by atoms with van der Waals surface area (Å²) < 4.78 is 13.1. The Labute approximate surface area is 134 Å². The molecule has 0 bridgehead atoms. The molecule has 21 heavy (non-hydrogen) atoms. The second-order valence-electron chi connectivity index (χ2n) is 3.96. The van der Waals surface area contributed by atoms with Gasteiger partial charge in [0.2, 0.25) is 0 Å². The molecule has 2 aromatic rings. The van der Waals surface area contributed by atoms with E-state index < -0.39 is 11.7 Å². The molecular formula is C12H11Cl2FN4OS. The number of amides is 1. The zero-order valence-corrected chi connectivity index (χ0v) is 13.2. The number of benzene rings is 1. The van der Waals surface area contributed by atoms with Crippen molar-refractivity contribution in [2.24, 2.45) is 0 Å². The lowest BCUT2D eigenvalue weighted by Crippen LogP contribution is -2.13. The molecule has 1 aromatic carbocycles. The van der Waals surface area contributed by atoms with Crippen molar-refractivity contribution in [1.29, 1.82) is 0 Å². The number of carbonyl (C=O) groups excluding carboxylic acids is 1. The fraction of sp³-hybridized carbons (Fsp3) is 0.167. The van der Waals surface area contributed by atoms with Gasteiger partial charge in [-0.2, -0.15) is 0 Å². The van der Waals surface area contributed by atoms with E-state index in [-0.39, 0.29) is 26.4 Å². The van der Waals surface area contributed by atoms with E-state index >= 15 is 0 Å². The summed E-state index contributed by atoms with van der Waals surface area (Å²) >= 11 is 12.8. The largest absolute Gasteiger partial charge is 0.382 e. The third-order valence-electron chi connectivity index (χ3n) is 2.43. The molecule has 4 N–H and O–H groups in total. The number of nitrogens with zero attached hydrogens (tertiary/aromatic N) is 1. The number of nitrogen functional groups attached to an aromatic ring is 1. The molecule has 1 heterocycles. The van der Waals surface area contributed by atoms with Crippen LogP contribution in [-0.4, -0.2) is 17.4 Å². The van der Waals surface area contributed by atoms with Crippen LogP contribution in [0.1, 0.15) is 16.6 Å². The maximum Gasteiger partial charge on any atom is 0.269 e. The van der Waals surface area contributed by atoms with Gasteiger partial charge in [-0.3, -0.25) is 4.79 Å². The number of aromatic nitrogens is 1. The zero-order valence-electron chi connectivity index (χ0n) is 10.8. The number of nitrogens with one attached hydrogen (secondary N) is 2. The lowest BCUT2D eigenvalue weighted by atomic mass is 10.3. The number of carbonyl (C=O) groups is 1. The minimum Gasteiger partial charge on any atom is -0.382 e. The summed E-state index contributed by atoms with van der Waals surface area (Å²) in [5.41, 5.74) is 5.83. The standard InChI is InChI=1S/C12H11Cl2FN4OS/c1-2-17-12-19-10(16)9(21-12)11(20)18-8-6(13)3-5(15)4-7(8)14/h3-4H,2,16H2,1H3,(H,17,19)(H,18,20). The molecule has 2 rings (SSSR count). The number of halogens is 3. The van der Waals surface area contributed by atoms with Gasteiger partial charge in [0, 0.05) is 6.54 Å². The van der Waals surface area contributed by atoms with Crippen molar-refractivity contribution in [2.75, 3.05) is 22.9 Å². The van der Waals surface area contributed by atoms with Crippen molar-refractivity contribution >= 4 is 57.1 Å². The van der Waals surface area contributed by atoms with Gasteiger partial charge in [0.1, 0.15) is 16.5 Å². The molecular weight excluding hydrogens is 338 g/mol. The van der Waals surface area contributed by atoms with Crippen LogP contribution < -0.4 is 16.4 Å². The van der Waals surface area contributed by atoms with Gasteiger partial charge in [0.15, 0.2) is 5.13 Å². The van der Waals surface area contributed by atoms with Gasteiger partial charge in [-0.25, -0.2) is 9.37 Å². The van der Waals surface area contributed by atoms with E-state index in [1.807, 2.05) is 6.92 Å². The van der Waals surface area contributed by atoms with Crippen molar-refractivity contribution in [3.8, 4) is 0 Å². The smallest absolute Gasteiger partial charge is 0.269 e. The molecule has 0 spiro atoms. The predicted octanol–water partition coefficient (Wildman–Crippen LogP) is 3.86. The molecule has 0 unspecified atom stereocenters. The van der Waals surface area contributed by atoms with Crippen LogP contribution in [0.15, 0.2) is 12.1 Å². The highest BCUT2D eigenvalue weighted by Gasteiger charge is 2.19. The van der Waals surface area contributed by atoms with Crippen molar-refractivity contribution in [2.45, 2.75) is 6.92 Å². The molecule has 112 valence electrons. The Bertz CT molecular complexity index is 669. The molecule has 0 atom stereocenters. The fourth-order valence-electron chi connectivity index (χ4n) is 1.55. The number of rotatable bonds is 4. The van der Waals surface area contributed by atoms with Crippen LogP contribution in [0.3, 0.4) is 0 Å². The maximum atomic E-state index is 13.1. The number of nitrogens with two attached hydrogens (primary N) is 1. The van der Waals surface area contributed by atoms with Gasteiger partial charge in [-0.05, 0) is 19.1 Å². The molecule has 5 nitrogen and oxygen atoms in total. The van der Waals surface area contributed by atoms with Crippen LogP contribution in [0.4, 0.5) is 21.0 Å². The monoisotopic (exact) mass is 348 g/mol. The van der Waals surface area contributed by atoms with Crippen molar-refractivity contribution in [3.63, 3.8) is 0 Å². The van der Waals surface area contributed by atoms with Crippen LogP contribution in [0, 0.1) is 5.82 Å². The Morgan fingerprint density at radius 1 is 1.43 bits per heavy atom. The molecule has 0 aliphatic rings. The Kier molecular flexibility index (Phi) is 4.87. The predicted molar refractivity (Wildman–Crippen MR) is 85.1 cm³/mol. The number of hydrogen-bond acceptors (Lipinski definition) is 5. The van der Waals surface area contributed by atoms with Crippen LogP contribution in [-0.2, 0) is 0 Å².